The first kappa shape index (κ1) is 15.7. The van der Waals surface area contributed by atoms with Crippen LogP contribution in [0, 0.1) is 0 Å². The number of thiazole rings is 1. The molecule has 0 aromatic carbocycles. The molecule has 0 atom stereocenters. The highest BCUT2D eigenvalue weighted by molar-refractivity contribution is 7.14. The summed E-state index contributed by atoms with van der Waals surface area (Å²) < 4.78 is 0. The molecule has 5 nitrogen and oxygen atoms in total. The standard InChI is InChI=1S/C14H17N3O2S2/c1-2-4-15-13(19)7-16-12(18)6-11-9-21-14(17-11)10-3-5-20-8-10/h3,5,8-9H,2,4,6-7H2,1H3,(H,15,19)(H,16,18). The lowest BCUT2D eigenvalue weighted by Crippen LogP contribution is -2.37. The van der Waals surface area contributed by atoms with Crippen molar-refractivity contribution in [2.24, 2.45) is 0 Å². The second-order valence-corrected chi connectivity index (χ2v) is 6.10. The SMILES string of the molecule is CCCNC(=O)CNC(=O)Cc1csc(-c2ccsc2)n1. The second-order valence-electron chi connectivity index (χ2n) is 4.46. The van der Waals surface area contributed by atoms with Gasteiger partial charge >= 0.3 is 0 Å². The van der Waals surface area contributed by atoms with E-state index in [0.717, 1.165) is 22.7 Å². The van der Waals surface area contributed by atoms with Crippen LogP contribution < -0.4 is 10.6 Å². The maximum atomic E-state index is 11.8. The Kier molecular flexibility index (Phi) is 5.89. The molecule has 2 N–H and O–H groups in total. The van der Waals surface area contributed by atoms with Crippen molar-refractivity contribution in [3.8, 4) is 10.6 Å². The van der Waals surface area contributed by atoms with Gasteiger partial charge in [0.25, 0.3) is 0 Å². The fraction of sp³-hybridized carbons (Fsp3) is 0.357. The molecule has 2 amide bonds. The molecular weight excluding hydrogens is 306 g/mol. The molecule has 0 bridgehead atoms. The van der Waals surface area contributed by atoms with Crippen molar-refractivity contribution >= 4 is 34.5 Å². The van der Waals surface area contributed by atoms with E-state index in [4.69, 9.17) is 0 Å². The largest absolute Gasteiger partial charge is 0.355 e. The van der Waals surface area contributed by atoms with Crippen LogP contribution in [0.15, 0.2) is 22.2 Å². The van der Waals surface area contributed by atoms with Gasteiger partial charge in [0.05, 0.1) is 18.7 Å². The summed E-state index contributed by atoms with van der Waals surface area (Å²) in [5.41, 5.74) is 1.81. The van der Waals surface area contributed by atoms with E-state index in [-0.39, 0.29) is 24.8 Å². The van der Waals surface area contributed by atoms with Gasteiger partial charge in [0.15, 0.2) is 0 Å². The predicted molar refractivity (Wildman–Crippen MR) is 85.4 cm³/mol. The third kappa shape index (κ3) is 4.95. The molecule has 2 rings (SSSR count). The third-order valence-electron chi connectivity index (χ3n) is 2.68. The fourth-order valence-corrected chi connectivity index (χ4v) is 3.17. The molecule has 2 aromatic rings. The van der Waals surface area contributed by atoms with E-state index >= 15 is 0 Å². The fourth-order valence-electron chi connectivity index (χ4n) is 1.64. The van der Waals surface area contributed by atoms with Gasteiger partial charge in [-0.15, -0.1) is 11.3 Å². The molecular formula is C14H17N3O2S2. The Hall–Kier alpha value is -1.73. The Morgan fingerprint density at radius 2 is 2.10 bits per heavy atom. The van der Waals surface area contributed by atoms with Gasteiger partial charge in [-0.25, -0.2) is 4.98 Å². The summed E-state index contributed by atoms with van der Waals surface area (Å²) in [7, 11) is 0. The summed E-state index contributed by atoms with van der Waals surface area (Å²) in [4.78, 5) is 27.6. The number of carbonyl (C=O) groups excluding carboxylic acids is 2. The highest BCUT2D eigenvalue weighted by Gasteiger charge is 2.10. The highest BCUT2D eigenvalue weighted by atomic mass is 32.1. The number of hydrogen-bond acceptors (Lipinski definition) is 5. The third-order valence-corrected chi connectivity index (χ3v) is 4.30. The lowest BCUT2D eigenvalue weighted by atomic mass is 10.3. The first-order valence-electron chi connectivity index (χ1n) is 6.69. The van der Waals surface area contributed by atoms with E-state index < -0.39 is 0 Å². The van der Waals surface area contributed by atoms with Crippen molar-refractivity contribution < 1.29 is 9.59 Å². The molecule has 0 fully saturated rings. The molecule has 0 saturated carbocycles. The molecule has 2 heterocycles. The molecule has 0 spiro atoms. The predicted octanol–water partition coefficient (Wildman–Crippen LogP) is 2.06. The van der Waals surface area contributed by atoms with Crippen molar-refractivity contribution in [2.75, 3.05) is 13.1 Å². The van der Waals surface area contributed by atoms with E-state index in [2.05, 4.69) is 15.6 Å². The van der Waals surface area contributed by atoms with Crippen LogP contribution in [0.5, 0.6) is 0 Å². The summed E-state index contributed by atoms with van der Waals surface area (Å²) in [5.74, 6) is -0.355. The maximum absolute atomic E-state index is 11.8. The van der Waals surface area contributed by atoms with Crippen LogP contribution in [-0.4, -0.2) is 29.9 Å². The molecule has 2 aromatic heterocycles. The number of amides is 2. The van der Waals surface area contributed by atoms with Crippen LogP contribution in [0.4, 0.5) is 0 Å². The van der Waals surface area contributed by atoms with E-state index in [0.29, 0.717) is 6.54 Å². The minimum absolute atomic E-state index is 0.0142. The van der Waals surface area contributed by atoms with Crippen molar-refractivity contribution in [1.82, 2.24) is 15.6 Å². The zero-order valence-electron chi connectivity index (χ0n) is 11.7. The second kappa shape index (κ2) is 7.90. The summed E-state index contributed by atoms with van der Waals surface area (Å²) in [6.45, 7) is 2.62. The first-order chi connectivity index (χ1) is 10.2. The van der Waals surface area contributed by atoms with Gasteiger partial charge in [0.2, 0.25) is 11.8 Å². The monoisotopic (exact) mass is 323 g/mol. The Morgan fingerprint density at radius 1 is 1.24 bits per heavy atom. The number of hydrogen-bond donors (Lipinski definition) is 2. The van der Waals surface area contributed by atoms with Crippen LogP contribution in [0.2, 0.25) is 0 Å². The molecule has 0 radical (unpaired) electrons. The quantitative estimate of drug-likeness (QED) is 0.819. The van der Waals surface area contributed by atoms with Crippen LogP contribution in [0.25, 0.3) is 10.6 Å². The van der Waals surface area contributed by atoms with Gasteiger partial charge in [-0.05, 0) is 17.9 Å². The molecule has 7 heteroatoms. The number of nitrogens with one attached hydrogen (secondary N) is 2. The summed E-state index contributed by atoms with van der Waals surface area (Å²) in [6, 6.07) is 2.01. The Balaban J connectivity index is 1.79. The summed E-state index contributed by atoms with van der Waals surface area (Å²) >= 11 is 3.14. The van der Waals surface area contributed by atoms with Crippen LogP contribution in [0.1, 0.15) is 19.0 Å². The molecule has 112 valence electrons. The van der Waals surface area contributed by atoms with E-state index in [1.807, 2.05) is 29.1 Å². The molecule has 0 saturated heterocycles. The highest BCUT2D eigenvalue weighted by Crippen LogP contribution is 2.25. The Morgan fingerprint density at radius 3 is 2.81 bits per heavy atom. The average Bonchev–Trinajstić information content (AvgIpc) is 3.13. The van der Waals surface area contributed by atoms with E-state index in [1.54, 1.807) is 11.3 Å². The van der Waals surface area contributed by atoms with Gasteiger partial charge in [-0.2, -0.15) is 11.3 Å². The number of aromatic nitrogens is 1. The van der Waals surface area contributed by atoms with Gasteiger partial charge in [0.1, 0.15) is 5.01 Å². The van der Waals surface area contributed by atoms with Crippen molar-refractivity contribution in [3.63, 3.8) is 0 Å². The van der Waals surface area contributed by atoms with Gasteiger partial charge in [-0.3, -0.25) is 9.59 Å². The first-order valence-corrected chi connectivity index (χ1v) is 8.51. The molecule has 0 aliphatic heterocycles. The van der Waals surface area contributed by atoms with Gasteiger partial charge in [-0.1, -0.05) is 6.92 Å². The Bertz CT molecular complexity index is 593. The lowest BCUT2D eigenvalue weighted by Gasteiger charge is -2.04. The number of nitrogens with zero attached hydrogens (tertiary/aromatic N) is 1. The maximum Gasteiger partial charge on any atom is 0.239 e. The van der Waals surface area contributed by atoms with Gasteiger partial charge in [0, 0.05) is 22.9 Å². The van der Waals surface area contributed by atoms with Crippen LogP contribution in [0.3, 0.4) is 0 Å². The summed E-state index contributed by atoms with van der Waals surface area (Å²) in [5, 5.41) is 12.1. The normalized spacial score (nSPS) is 10.3. The van der Waals surface area contributed by atoms with E-state index in [1.165, 1.54) is 11.3 Å². The molecule has 0 unspecified atom stereocenters. The zero-order chi connectivity index (χ0) is 15.1. The molecule has 21 heavy (non-hydrogen) atoms. The van der Waals surface area contributed by atoms with Crippen molar-refractivity contribution in [3.05, 3.63) is 27.9 Å². The minimum Gasteiger partial charge on any atom is -0.355 e. The molecule has 0 aliphatic carbocycles. The average molecular weight is 323 g/mol. The zero-order valence-corrected chi connectivity index (χ0v) is 13.4. The van der Waals surface area contributed by atoms with E-state index in [9.17, 15) is 9.59 Å². The van der Waals surface area contributed by atoms with Crippen LogP contribution in [-0.2, 0) is 16.0 Å². The number of thiophene rings is 1. The smallest absolute Gasteiger partial charge is 0.239 e. The topological polar surface area (TPSA) is 71.1 Å². The molecule has 0 aliphatic rings. The number of carbonyl (C=O) groups is 2. The van der Waals surface area contributed by atoms with Crippen molar-refractivity contribution in [1.29, 1.82) is 0 Å². The lowest BCUT2D eigenvalue weighted by molar-refractivity contribution is -0.125. The Labute approximate surface area is 131 Å². The van der Waals surface area contributed by atoms with Crippen molar-refractivity contribution in [2.45, 2.75) is 19.8 Å². The van der Waals surface area contributed by atoms with Crippen LogP contribution >= 0.6 is 22.7 Å². The minimum atomic E-state index is -0.191. The van der Waals surface area contributed by atoms with Gasteiger partial charge < -0.3 is 10.6 Å². The summed E-state index contributed by atoms with van der Waals surface area (Å²) in [6.07, 6.45) is 1.07. The number of rotatable bonds is 7.